The van der Waals surface area contributed by atoms with E-state index < -0.39 is 0 Å². The van der Waals surface area contributed by atoms with Gasteiger partial charge in [0.25, 0.3) is 0 Å². The topological polar surface area (TPSA) is 71.4 Å². The van der Waals surface area contributed by atoms with Crippen LogP contribution >= 0.6 is 0 Å². The van der Waals surface area contributed by atoms with Gasteiger partial charge in [-0.15, -0.1) is 0 Å². The van der Waals surface area contributed by atoms with E-state index in [4.69, 9.17) is 0 Å². The molecule has 2 aliphatic rings. The minimum atomic E-state index is -0.170. The van der Waals surface area contributed by atoms with Crippen molar-refractivity contribution in [1.82, 2.24) is 0 Å². The van der Waals surface area contributed by atoms with E-state index in [1.807, 2.05) is 48.5 Å². The zero-order valence-electron chi connectivity index (χ0n) is 19.5. The first kappa shape index (κ1) is 21.6. The summed E-state index contributed by atoms with van der Waals surface area (Å²) in [5, 5.41) is 30.1. The van der Waals surface area contributed by atoms with Crippen LogP contribution in [0.1, 0.15) is 51.5 Å². The van der Waals surface area contributed by atoms with Crippen molar-refractivity contribution in [2.75, 3.05) is 0 Å². The number of nitriles is 3. The number of nitrogens with zero attached hydrogens (tertiary/aromatic N) is 3. The quantitative estimate of drug-likeness (QED) is 0.295. The van der Waals surface area contributed by atoms with Gasteiger partial charge in [0.15, 0.2) is 0 Å². The molecule has 4 aromatic rings. The molecule has 6 rings (SSSR count). The summed E-state index contributed by atoms with van der Waals surface area (Å²) in [5.41, 5.74) is 8.46. The van der Waals surface area contributed by atoms with Crippen LogP contribution in [0.3, 0.4) is 0 Å². The van der Waals surface area contributed by atoms with E-state index in [9.17, 15) is 15.8 Å². The molecule has 3 nitrogen and oxygen atoms in total. The van der Waals surface area contributed by atoms with Gasteiger partial charge in [-0.1, -0.05) is 91.0 Å². The van der Waals surface area contributed by atoms with Crippen LogP contribution in [0, 0.1) is 34.0 Å². The molecule has 4 aromatic carbocycles. The zero-order valence-corrected chi connectivity index (χ0v) is 19.5. The number of hydrogen-bond acceptors (Lipinski definition) is 3. The minimum absolute atomic E-state index is 0.0157. The van der Waals surface area contributed by atoms with Crippen LogP contribution in [0.2, 0.25) is 0 Å². The third-order valence-corrected chi connectivity index (χ3v) is 7.75. The lowest BCUT2D eigenvalue weighted by Crippen LogP contribution is -2.19. The molecule has 168 valence electrons. The van der Waals surface area contributed by atoms with Crippen LogP contribution in [0.15, 0.2) is 114 Å². The molecule has 0 N–H and O–H groups in total. The molecule has 36 heavy (non-hydrogen) atoms. The molecular formula is C33H21N3. The number of allylic oxidation sites excluding steroid dienone is 2. The van der Waals surface area contributed by atoms with Crippen molar-refractivity contribution in [3.8, 4) is 29.3 Å². The lowest BCUT2D eigenvalue weighted by Gasteiger charge is -2.35. The lowest BCUT2D eigenvalue weighted by atomic mass is 9.67. The van der Waals surface area contributed by atoms with Crippen molar-refractivity contribution in [1.29, 1.82) is 15.8 Å². The number of benzene rings is 4. The predicted molar refractivity (Wildman–Crippen MR) is 139 cm³/mol. The summed E-state index contributed by atoms with van der Waals surface area (Å²) in [6, 6.07) is 41.6. The van der Waals surface area contributed by atoms with Crippen LogP contribution in [0.5, 0.6) is 0 Å². The Morgan fingerprint density at radius 2 is 1.08 bits per heavy atom. The van der Waals surface area contributed by atoms with Gasteiger partial charge in [0.2, 0.25) is 0 Å². The molecule has 1 saturated carbocycles. The van der Waals surface area contributed by atoms with Gasteiger partial charge in [-0.05, 0) is 51.1 Å². The van der Waals surface area contributed by atoms with E-state index in [-0.39, 0.29) is 29.2 Å². The summed E-state index contributed by atoms with van der Waals surface area (Å²) in [6.07, 6.45) is 0. The van der Waals surface area contributed by atoms with E-state index in [0.717, 1.165) is 33.4 Å². The fraction of sp³-hybridized carbons (Fsp3) is 0.121. The monoisotopic (exact) mass is 459 g/mol. The molecule has 0 radical (unpaired) electrons. The van der Waals surface area contributed by atoms with Gasteiger partial charge in [0.05, 0.1) is 11.6 Å². The molecule has 4 unspecified atom stereocenters. The Morgan fingerprint density at radius 1 is 0.556 bits per heavy atom. The SMILES string of the molecule is N#CC(C#N)=C1C(c2ccccc2)C2c3ccccc3-c3ccc(C#N)cc3C2C1c1ccccc1. The average molecular weight is 460 g/mol. The zero-order chi connectivity index (χ0) is 24.6. The second-order valence-electron chi connectivity index (χ2n) is 9.38. The van der Waals surface area contributed by atoms with E-state index >= 15 is 0 Å². The van der Waals surface area contributed by atoms with Crippen molar-refractivity contribution < 1.29 is 0 Å². The molecule has 0 spiro atoms. The average Bonchev–Trinajstić information content (AvgIpc) is 3.31. The molecule has 0 aromatic heterocycles. The van der Waals surface area contributed by atoms with E-state index in [2.05, 4.69) is 72.8 Å². The maximum absolute atomic E-state index is 10.1. The summed E-state index contributed by atoms with van der Waals surface area (Å²) in [4.78, 5) is 0. The Morgan fingerprint density at radius 3 is 1.67 bits per heavy atom. The van der Waals surface area contributed by atoms with Gasteiger partial charge in [-0.25, -0.2) is 0 Å². The van der Waals surface area contributed by atoms with Crippen molar-refractivity contribution in [2.24, 2.45) is 0 Å². The van der Waals surface area contributed by atoms with Gasteiger partial charge >= 0.3 is 0 Å². The number of rotatable bonds is 2. The van der Waals surface area contributed by atoms with Crippen molar-refractivity contribution in [3.63, 3.8) is 0 Å². The Bertz CT molecular complexity index is 1610. The highest BCUT2D eigenvalue weighted by molar-refractivity contribution is 5.79. The first-order valence-corrected chi connectivity index (χ1v) is 12.0. The Hall–Kier alpha value is -4.91. The van der Waals surface area contributed by atoms with Crippen LogP contribution in [0.4, 0.5) is 0 Å². The Kier molecular flexibility index (Phi) is 5.22. The van der Waals surface area contributed by atoms with Gasteiger partial charge in [0, 0.05) is 23.7 Å². The van der Waals surface area contributed by atoms with Crippen LogP contribution in [0.25, 0.3) is 11.1 Å². The highest BCUT2D eigenvalue weighted by Crippen LogP contribution is 2.67. The fourth-order valence-corrected chi connectivity index (χ4v) is 6.49. The molecule has 2 aliphatic carbocycles. The standard InChI is InChI=1S/C33H21N3/c34-18-21-15-16-26-25-13-7-8-14-27(25)32-29(22-9-3-1-4-10-22)31(24(19-35)20-36)30(33(32)28(26)17-21)23-11-5-2-6-12-23/h1-17,29-30,32-33H. The summed E-state index contributed by atoms with van der Waals surface area (Å²) in [6.45, 7) is 0. The molecule has 0 heterocycles. The van der Waals surface area contributed by atoms with Gasteiger partial charge in [-0.2, -0.15) is 15.8 Å². The third kappa shape index (κ3) is 3.17. The molecule has 0 saturated heterocycles. The fourth-order valence-electron chi connectivity index (χ4n) is 6.49. The highest BCUT2D eigenvalue weighted by Gasteiger charge is 2.53. The summed E-state index contributed by atoms with van der Waals surface area (Å²) in [7, 11) is 0. The van der Waals surface area contributed by atoms with E-state index in [0.29, 0.717) is 5.56 Å². The molecule has 4 atom stereocenters. The smallest absolute Gasteiger partial charge is 0.130 e. The highest BCUT2D eigenvalue weighted by atomic mass is 14.6. The number of hydrogen-bond donors (Lipinski definition) is 0. The number of fused-ring (bicyclic) bond motifs is 6. The maximum atomic E-state index is 10.1. The van der Waals surface area contributed by atoms with Crippen molar-refractivity contribution in [2.45, 2.75) is 23.7 Å². The first-order chi connectivity index (χ1) is 17.8. The summed E-state index contributed by atoms with van der Waals surface area (Å²) < 4.78 is 0. The van der Waals surface area contributed by atoms with Crippen molar-refractivity contribution >= 4 is 0 Å². The third-order valence-electron chi connectivity index (χ3n) is 7.75. The first-order valence-electron chi connectivity index (χ1n) is 12.0. The molecule has 1 fully saturated rings. The van der Waals surface area contributed by atoms with Crippen LogP contribution in [-0.4, -0.2) is 0 Å². The van der Waals surface area contributed by atoms with Crippen LogP contribution in [-0.2, 0) is 0 Å². The molecule has 0 aliphatic heterocycles. The van der Waals surface area contributed by atoms with Crippen LogP contribution < -0.4 is 0 Å². The Labute approximate surface area is 210 Å². The molecule has 0 bridgehead atoms. The molecule has 0 amide bonds. The molecular weight excluding hydrogens is 438 g/mol. The summed E-state index contributed by atoms with van der Waals surface area (Å²) in [5.74, 6) is -0.322. The van der Waals surface area contributed by atoms with E-state index in [1.54, 1.807) is 0 Å². The van der Waals surface area contributed by atoms with Gasteiger partial charge in [-0.3, -0.25) is 0 Å². The van der Waals surface area contributed by atoms with Gasteiger partial charge < -0.3 is 0 Å². The van der Waals surface area contributed by atoms with Gasteiger partial charge in [0.1, 0.15) is 17.7 Å². The normalized spacial score (nSPS) is 21.2. The maximum Gasteiger partial charge on any atom is 0.130 e. The second-order valence-corrected chi connectivity index (χ2v) is 9.38. The lowest BCUT2D eigenvalue weighted by molar-refractivity contribution is 0.547. The minimum Gasteiger partial charge on any atom is -0.192 e. The predicted octanol–water partition coefficient (Wildman–Crippen LogP) is 7.33. The Balaban J connectivity index is 1.76. The second kappa shape index (κ2) is 8.70. The summed E-state index contributed by atoms with van der Waals surface area (Å²) >= 11 is 0. The van der Waals surface area contributed by atoms with E-state index in [1.165, 1.54) is 5.56 Å². The largest absolute Gasteiger partial charge is 0.192 e. The van der Waals surface area contributed by atoms with Crippen molar-refractivity contribution in [3.05, 3.63) is 142 Å². The molecule has 3 heteroatoms.